The highest BCUT2D eigenvalue weighted by Gasteiger charge is 2.20. The fourth-order valence-electron chi connectivity index (χ4n) is 2.47. The Bertz CT molecular complexity index is 1070. The van der Waals surface area contributed by atoms with E-state index in [0.29, 0.717) is 11.6 Å². The van der Waals surface area contributed by atoms with Crippen molar-refractivity contribution in [2.45, 2.75) is 11.4 Å². The summed E-state index contributed by atoms with van der Waals surface area (Å²) in [7, 11) is -2.46. The van der Waals surface area contributed by atoms with Crippen molar-refractivity contribution in [3.8, 4) is 0 Å². The molecule has 3 aromatic rings. The number of carbonyl (C=O) groups excluding carboxylic acids is 1. The van der Waals surface area contributed by atoms with Crippen LogP contribution in [-0.2, 0) is 16.6 Å². The second-order valence-corrected chi connectivity index (χ2v) is 7.85. The second kappa shape index (κ2) is 7.81. The number of aromatic nitrogens is 2. The zero-order chi connectivity index (χ0) is 19.4. The summed E-state index contributed by atoms with van der Waals surface area (Å²) in [6.45, 7) is 0.445. The van der Waals surface area contributed by atoms with Gasteiger partial charge in [0.05, 0.1) is 24.0 Å². The van der Waals surface area contributed by atoms with Crippen LogP contribution in [0.15, 0.2) is 65.8 Å². The third-order valence-electron chi connectivity index (χ3n) is 3.80. The lowest BCUT2D eigenvalue weighted by atomic mass is 10.2. The van der Waals surface area contributed by atoms with Crippen molar-refractivity contribution >= 4 is 33.2 Å². The molecule has 27 heavy (non-hydrogen) atoms. The predicted octanol–water partition coefficient (Wildman–Crippen LogP) is 2.75. The molecule has 0 atom stereocenters. The summed E-state index contributed by atoms with van der Waals surface area (Å²) < 4.78 is 29.3. The van der Waals surface area contributed by atoms with Crippen LogP contribution >= 0.6 is 11.6 Å². The van der Waals surface area contributed by atoms with Gasteiger partial charge in [-0.3, -0.25) is 14.2 Å². The molecule has 0 spiro atoms. The molecule has 1 amide bonds. The highest BCUT2D eigenvalue weighted by atomic mass is 35.5. The number of rotatable bonds is 6. The molecule has 0 aliphatic rings. The lowest BCUT2D eigenvalue weighted by Crippen LogP contribution is -2.21. The number of anilines is 1. The van der Waals surface area contributed by atoms with E-state index in [9.17, 15) is 13.2 Å². The van der Waals surface area contributed by atoms with Gasteiger partial charge in [-0.1, -0.05) is 41.9 Å². The Morgan fingerprint density at radius 1 is 1.19 bits per heavy atom. The average Bonchev–Trinajstić information content (AvgIpc) is 3.13. The number of hydrogen-bond acceptors (Lipinski definition) is 4. The minimum absolute atomic E-state index is 0.00348. The number of hydrogen-bond donors (Lipinski definition) is 2. The van der Waals surface area contributed by atoms with Crippen molar-refractivity contribution in [1.82, 2.24) is 15.1 Å². The molecular formula is C18H17ClN4O3S. The van der Waals surface area contributed by atoms with Gasteiger partial charge in [0.15, 0.2) is 0 Å². The molecule has 7 nitrogen and oxygen atoms in total. The molecule has 9 heteroatoms. The Labute approximate surface area is 162 Å². The van der Waals surface area contributed by atoms with E-state index in [1.54, 1.807) is 0 Å². The van der Waals surface area contributed by atoms with Crippen molar-refractivity contribution in [2.24, 2.45) is 0 Å². The normalized spacial score (nSPS) is 11.2. The number of benzene rings is 2. The van der Waals surface area contributed by atoms with Crippen molar-refractivity contribution in [3.63, 3.8) is 0 Å². The number of amides is 1. The van der Waals surface area contributed by atoms with E-state index in [0.717, 1.165) is 5.56 Å². The smallest absolute Gasteiger partial charge is 0.265 e. The van der Waals surface area contributed by atoms with Gasteiger partial charge in [0.1, 0.15) is 4.90 Å². The van der Waals surface area contributed by atoms with Crippen LogP contribution in [0.25, 0.3) is 0 Å². The van der Waals surface area contributed by atoms with Gasteiger partial charge in [-0.05, 0) is 23.8 Å². The monoisotopic (exact) mass is 404 g/mol. The van der Waals surface area contributed by atoms with Crippen LogP contribution < -0.4 is 10.0 Å². The van der Waals surface area contributed by atoms with E-state index in [-0.39, 0.29) is 16.1 Å². The van der Waals surface area contributed by atoms with Crippen LogP contribution in [0.2, 0.25) is 5.02 Å². The Morgan fingerprint density at radius 3 is 2.63 bits per heavy atom. The molecule has 0 fully saturated rings. The van der Waals surface area contributed by atoms with Gasteiger partial charge in [0, 0.05) is 18.3 Å². The van der Waals surface area contributed by atoms with E-state index < -0.39 is 15.9 Å². The molecule has 0 saturated heterocycles. The molecule has 0 bridgehead atoms. The van der Waals surface area contributed by atoms with Crippen LogP contribution in [0.4, 0.5) is 5.69 Å². The van der Waals surface area contributed by atoms with Crippen molar-refractivity contribution in [3.05, 3.63) is 77.1 Å². The van der Waals surface area contributed by atoms with Crippen LogP contribution in [0, 0.1) is 0 Å². The molecule has 2 N–H and O–H groups in total. The highest BCUT2D eigenvalue weighted by Crippen LogP contribution is 2.23. The average molecular weight is 405 g/mol. The fourth-order valence-corrected chi connectivity index (χ4v) is 3.68. The first-order chi connectivity index (χ1) is 12.9. The second-order valence-electron chi connectivity index (χ2n) is 5.73. The molecule has 0 aliphatic carbocycles. The highest BCUT2D eigenvalue weighted by molar-refractivity contribution is 7.92. The lowest BCUT2D eigenvalue weighted by Gasteiger charge is -2.11. The van der Waals surface area contributed by atoms with E-state index in [1.807, 2.05) is 30.3 Å². The zero-order valence-corrected chi connectivity index (χ0v) is 16.0. The maximum Gasteiger partial charge on any atom is 0.265 e. The number of carbonyl (C=O) groups is 1. The molecule has 1 heterocycles. The summed E-state index contributed by atoms with van der Waals surface area (Å²) in [5.41, 5.74) is 1.26. The Kier molecular flexibility index (Phi) is 5.48. The van der Waals surface area contributed by atoms with E-state index >= 15 is 0 Å². The van der Waals surface area contributed by atoms with E-state index in [4.69, 9.17) is 11.6 Å². The molecule has 0 radical (unpaired) electrons. The Hall–Kier alpha value is -2.84. The van der Waals surface area contributed by atoms with Crippen molar-refractivity contribution in [1.29, 1.82) is 0 Å². The molecule has 2 aromatic carbocycles. The first-order valence-electron chi connectivity index (χ1n) is 8.00. The number of sulfonamides is 1. The molecular weight excluding hydrogens is 388 g/mol. The minimum Gasteiger partial charge on any atom is -0.355 e. The van der Waals surface area contributed by atoms with Crippen LogP contribution in [0.5, 0.6) is 0 Å². The quantitative estimate of drug-likeness (QED) is 0.660. The fraction of sp³-hybridized carbons (Fsp3) is 0.111. The number of nitrogens with zero attached hydrogens (tertiary/aromatic N) is 2. The first kappa shape index (κ1) is 18.9. The zero-order valence-electron chi connectivity index (χ0n) is 14.4. The van der Waals surface area contributed by atoms with Gasteiger partial charge >= 0.3 is 0 Å². The standard InChI is InChI=1S/C18H17ClN4O3S/c1-20-18(24)16-9-14(19)7-8-17(16)22-27(25,26)15-10-21-23(12-15)11-13-5-3-2-4-6-13/h2-10,12,22H,11H2,1H3,(H,20,24). The largest absolute Gasteiger partial charge is 0.355 e. The summed E-state index contributed by atoms with van der Waals surface area (Å²) in [6.07, 6.45) is 2.70. The maximum atomic E-state index is 12.7. The molecule has 3 rings (SSSR count). The molecule has 1 aromatic heterocycles. The van der Waals surface area contributed by atoms with Crippen LogP contribution in [0.1, 0.15) is 15.9 Å². The number of nitrogens with one attached hydrogen (secondary N) is 2. The van der Waals surface area contributed by atoms with Gasteiger partial charge in [0.2, 0.25) is 0 Å². The van der Waals surface area contributed by atoms with Crippen molar-refractivity contribution < 1.29 is 13.2 Å². The predicted molar refractivity (Wildman–Crippen MR) is 103 cm³/mol. The molecule has 0 saturated carbocycles. The van der Waals surface area contributed by atoms with Gasteiger partial charge in [-0.25, -0.2) is 8.42 Å². The van der Waals surface area contributed by atoms with Crippen LogP contribution in [0.3, 0.4) is 0 Å². The summed E-state index contributed by atoms with van der Waals surface area (Å²) >= 11 is 5.92. The summed E-state index contributed by atoms with van der Waals surface area (Å²) in [6, 6.07) is 13.9. The molecule has 0 unspecified atom stereocenters. The number of halogens is 1. The van der Waals surface area contributed by atoms with Crippen molar-refractivity contribution in [2.75, 3.05) is 11.8 Å². The van der Waals surface area contributed by atoms with Gasteiger partial charge in [-0.2, -0.15) is 5.10 Å². The third kappa shape index (κ3) is 4.47. The first-order valence-corrected chi connectivity index (χ1v) is 9.86. The van der Waals surface area contributed by atoms with Crippen LogP contribution in [-0.4, -0.2) is 31.2 Å². The molecule has 140 valence electrons. The Morgan fingerprint density at radius 2 is 1.93 bits per heavy atom. The molecule has 0 aliphatic heterocycles. The van der Waals surface area contributed by atoms with Gasteiger partial charge in [-0.15, -0.1) is 0 Å². The topological polar surface area (TPSA) is 93.1 Å². The lowest BCUT2D eigenvalue weighted by molar-refractivity contribution is 0.0964. The summed E-state index contributed by atoms with van der Waals surface area (Å²) in [5, 5.41) is 6.89. The SMILES string of the molecule is CNC(=O)c1cc(Cl)ccc1NS(=O)(=O)c1cnn(Cc2ccccc2)c1. The maximum absolute atomic E-state index is 12.7. The van der Waals surface area contributed by atoms with E-state index in [2.05, 4.69) is 15.1 Å². The van der Waals surface area contributed by atoms with E-state index in [1.165, 1.54) is 42.3 Å². The third-order valence-corrected chi connectivity index (χ3v) is 5.36. The van der Waals surface area contributed by atoms with Gasteiger partial charge < -0.3 is 5.32 Å². The Balaban J connectivity index is 1.85. The summed E-state index contributed by atoms with van der Waals surface area (Å²) in [5.74, 6) is -0.449. The minimum atomic E-state index is -3.92. The van der Waals surface area contributed by atoms with Gasteiger partial charge in [0.25, 0.3) is 15.9 Å². The summed E-state index contributed by atoms with van der Waals surface area (Å²) in [4.78, 5) is 12.0.